The number of fused-ring (bicyclic) bond motifs is 2. The normalized spacial score (nSPS) is 18.9. The van der Waals surface area contributed by atoms with E-state index in [9.17, 15) is 14.7 Å². The quantitative estimate of drug-likeness (QED) is 0.573. The first-order valence-electron chi connectivity index (χ1n) is 9.91. The minimum Gasteiger partial charge on any atom is -0.480 e. The van der Waals surface area contributed by atoms with Crippen molar-refractivity contribution in [3.63, 3.8) is 0 Å². The van der Waals surface area contributed by atoms with Crippen molar-refractivity contribution in [3.05, 3.63) is 64.3 Å². The van der Waals surface area contributed by atoms with Gasteiger partial charge in [0.1, 0.15) is 5.75 Å². The van der Waals surface area contributed by atoms with E-state index in [1.807, 2.05) is 44.3 Å². The van der Waals surface area contributed by atoms with E-state index in [1.54, 1.807) is 18.2 Å². The maximum absolute atomic E-state index is 13.4. The van der Waals surface area contributed by atoms with E-state index in [2.05, 4.69) is 20.9 Å². The van der Waals surface area contributed by atoms with Gasteiger partial charge in [-0.05, 0) is 42.2 Å². The molecule has 1 aliphatic heterocycles. The SMILES string of the molecule is CC(C)C1Oc2ccc(Br)cc2C(C(=O)O)N(CCc2c[nH]c3ccccc23)C1=O. The van der Waals surface area contributed by atoms with Crippen molar-refractivity contribution in [2.75, 3.05) is 6.54 Å². The van der Waals surface area contributed by atoms with Gasteiger partial charge in [-0.15, -0.1) is 0 Å². The number of H-pyrrole nitrogens is 1. The van der Waals surface area contributed by atoms with Crippen LogP contribution in [-0.2, 0) is 16.0 Å². The van der Waals surface area contributed by atoms with Crippen molar-refractivity contribution in [2.45, 2.75) is 32.4 Å². The van der Waals surface area contributed by atoms with Crippen molar-refractivity contribution >= 4 is 38.7 Å². The number of aliphatic carboxylic acids is 1. The molecule has 0 saturated carbocycles. The summed E-state index contributed by atoms with van der Waals surface area (Å²) in [5.74, 6) is -1.04. The second-order valence-corrected chi connectivity index (χ2v) is 8.76. The zero-order valence-electron chi connectivity index (χ0n) is 16.8. The summed E-state index contributed by atoms with van der Waals surface area (Å²) in [6.45, 7) is 4.08. The summed E-state index contributed by atoms with van der Waals surface area (Å²) >= 11 is 3.41. The van der Waals surface area contributed by atoms with E-state index in [1.165, 1.54) is 4.90 Å². The van der Waals surface area contributed by atoms with Gasteiger partial charge in [0.2, 0.25) is 0 Å². The number of carboxylic acid groups (broad SMARTS) is 1. The summed E-state index contributed by atoms with van der Waals surface area (Å²) in [5.41, 5.74) is 2.54. The largest absolute Gasteiger partial charge is 0.480 e. The number of halogens is 1. The van der Waals surface area contributed by atoms with Crippen molar-refractivity contribution in [3.8, 4) is 5.75 Å². The van der Waals surface area contributed by atoms with Crippen LogP contribution in [0.15, 0.2) is 53.1 Å². The van der Waals surface area contributed by atoms with Crippen LogP contribution in [-0.4, -0.2) is 39.5 Å². The Morgan fingerprint density at radius 1 is 1.27 bits per heavy atom. The lowest BCUT2D eigenvalue weighted by molar-refractivity contribution is -0.153. The van der Waals surface area contributed by atoms with Gasteiger partial charge in [-0.3, -0.25) is 4.79 Å². The molecule has 6 nitrogen and oxygen atoms in total. The molecule has 1 aromatic heterocycles. The Morgan fingerprint density at radius 2 is 2.03 bits per heavy atom. The molecule has 0 fully saturated rings. The average Bonchev–Trinajstić information content (AvgIpc) is 3.07. The lowest BCUT2D eigenvalue weighted by Crippen LogP contribution is -2.46. The number of ether oxygens (including phenoxy) is 1. The van der Waals surface area contributed by atoms with Gasteiger partial charge in [0.05, 0.1) is 0 Å². The first kappa shape index (κ1) is 20.5. The Labute approximate surface area is 183 Å². The smallest absolute Gasteiger partial charge is 0.331 e. The summed E-state index contributed by atoms with van der Waals surface area (Å²) in [6.07, 6.45) is 1.72. The lowest BCUT2D eigenvalue weighted by Gasteiger charge is -2.29. The number of para-hydroxylation sites is 1. The number of carbonyl (C=O) groups is 2. The fourth-order valence-electron chi connectivity index (χ4n) is 3.99. The molecule has 2 heterocycles. The third-order valence-corrected chi connectivity index (χ3v) is 5.99. The van der Waals surface area contributed by atoms with Crippen molar-refractivity contribution in [1.82, 2.24) is 9.88 Å². The van der Waals surface area contributed by atoms with E-state index in [0.29, 0.717) is 17.7 Å². The summed E-state index contributed by atoms with van der Waals surface area (Å²) in [5, 5.41) is 11.1. The number of carbonyl (C=O) groups excluding carboxylic acids is 1. The van der Waals surface area contributed by atoms with Crippen LogP contribution in [0.2, 0.25) is 0 Å². The minimum atomic E-state index is -1.11. The highest BCUT2D eigenvalue weighted by atomic mass is 79.9. The second kappa shape index (κ2) is 8.14. The van der Waals surface area contributed by atoms with E-state index in [-0.39, 0.29) is 18.4 Å². The van der Waals surface area contributed by atoms with Crippen LogP contribution in [0, 0.1) is 5.92 Å². The molecule has 0 aliphatic carbocycles. The van der Waals surface area contributed by atoms with E-state index >= 15 is 0 Å². The molecule has 2 atom stereocenters. The Morgan fingerprint density at radius 3 is 2.77 bits per heavy atom. The van der Waals surface area contributed by atoms with Crippen LogP contribution in [0.5, 0.6) is 5.75 Å². The van der Waals surface area contributed by atoms with Crippen molar-refractivity contribution in [1.29, 1.82) is 0 Å². The topological polar surface area (TPSA) is 82.6 Å². The zero-order chi connectivity index (χ0) is 21.4. The molecule has 1 amide bonds. The first-order valence-corrected chi connectivity index (χ1v) is 10.7. The fourth-order valence-corrected chi connectivity index (χ4v) is 4.37. The van der Waals surface area contributed by atoms with E-state index in [4.69, 9.17) is 4.74 Å². The fraction of sp³-hybridized carbons (Fsp3) is 0.304. The zero-order valence-corrected chi connectivity index (χ0v) is 18.3. The molecule has 1 aliphatic rings. The molecule has 2 unspecified atom stereocenters. The van der Waals surface area contributed by atoms with Crippen LogP contribution in [0.1, 0.15) is 31.0 Å². The lowest BCUT2D eigenvalue weighted by atomic mass is 10.0. The molecule has 0 saturated heterocycles. The molecule has 0 bridgehead atoms. The molecule has 0 spiro atoms. The number of aromatic nitrogens is 1. The first-order chi connectivity index (χ1) is 14.4. The second-order valence-electron chi connectivity index (χ2n) is 7.85. The van der Waals surface area contributed by atoms with Gasteiger partial charge in [0.25, 0.3) is 5.91 Å². The maximum atomic E-state index is 13.4. The average molecular weight is 471 g/mol. The van der Waals surface area contributed by atoms with Crippen LogP contribution < -0.4 is 4.74 Å². The number of rotatable bonds is 5. The standard InChI is InChI=1S/C23H23BrN2O4/c1-13(2)21-22(27)26(10-9-14-12-25-18-6-4-3-5-16(14)18)20(23(28)29)17-11-15(24)7-8-19(17)30-21/h3-8,11-13,20-21,25H,9-10H2,1-2H3,(H,28,29). The van der Waals surface area contributed by atoms with Gasteiger partial charge in [-0.25, -0.2) is 4.79 Å². The Bertz CT molecular complexity index is 1110. The Hall–Kier alpha value is -2.80. The van der Waals surface area contributed by atoms with Crippen molar-refractivity contribution < 1.29 is 19.4 Å². The van der Waals surface area contributed by atoms with Gasteiger partial charge >= 0.3 is 5.97 Å². The number of aromatic amines is 1. The molecule has 7 heteroatoms. The summed E-state index contributed by atoms with van der Waals surface area (Å²) in [7, 11) is 0. The van der Waals surface area contributed by atoms with Gasteiger partial charge < -0.3 is 19.7 Å². The van der Waals surface area contributed by atoms with E-state index in [0.717, 1.165) is 20.9 Å². The molecule has 3 aromatic rings. The highest BCUT2D eigenvalue weighted by Crippen LogP contribution is 2.37. The summed E-state index contributed by atoms with van der Waals surface area (Å²) in [4.78, 5) is 30.4. The molecule has 2 aromatic carbocycles. The highest BCUT2D eigenvalue weighted by molar-refractivity contribution is 9.10. The van der Waals surface area contributed by atoms with Gasteiger partial charge in [0, 0.05) is 33.7 Å². The van der Waals surface area contributed by atoms with Gasteiger partial charge in [0.15, 0.2) is 12.1 Å². The van der Waals surface area contributed by atoms with Crippen LogP contribution in [0.4, 0.5) is 0 Å². The molecule has 156 valence electrons. The number of carboxylic acids is 1. The van der Waals surface area contributed by atoms with Crippen LogP contribution >= 0.6 is 15.9 Å². The molecule has 2 N–H and O–H groups in total. The molecule has 4 rings (SSSR count). The number of hydrogen-bond donors (Lipinski definition) is 2. The number of nitrogens with zero attached hydrogens (tertiary/aromatic N) is 1. The molecule has 0 radical (unpaired) electrons. The minimum absolute atomic E-state index is 0.0999. The van der Waals surface area contributed by atoms with Crippen molar-refractivity contribution in [2.24, 2.45) is 5.92 Å². The van der Waals surface area contributed by atoms with Crippen LogP contribution in [0.3, 0.4) is 0 Å². The summed E-state index contributed by atoms with van der Waals surface area (Å²) in [6, 6.07) is 12.1. The van der Waals surface area contributed by atoms with E-state index < -0.39 is 18.1 Å². The number of nitrogens with one attached hydrogen (secondary N) is 1. The predicted octanol–water partition coefficient (Wildman–Crippen LogP) is 4.54. The predicted molar refractivity (Wildman–Crippen MR) is 117 cm³/mol. The Balaban J connectivity index is 1.74. The van der Waals surface area contributed by atoms with Gasteiger partial charge in [-0.1, -0.05) is 48.0 Å². The third-order valence-electron chi connectivity index (χ3n) is 5.49. The Kier molecular flexibility index (Phi) is 5.56. The summed E-state index contributed by atoms with van der Waals surface area (Å²) < 4.78 is 6.76. The number of hydrogen-bond acceptors (Lipinski definition) is 3. The van der Waals surface area contributed by atoms with Crippen LogP contribution in [0.25, 0.3) is 10.9 Å². The monoisotopic (exact) mass is 470 g/mol. The highest BCUT2D eigenvalue weighted by Gasteiger charge is 2.41. The molecule has 30 heavy (non-hydrogen) atoms. The van der Waals surface area contributed by atoms with Gasteiger partial charge in [-0.2, -0.15) is 0 Å². The number of amides is 1. The molecular formula is C23H23BrN2O4. The maximum Gasteiger partial charge on any atom is 0.331 e. The third kappa shape index (κ3) is 3.69. The number of benzene rings is 2. The molecular weight excluding hydrogens is 448 g/mol.